The average Bonchev–Trinajstić information content (AvgIpc) is 2.19. The zero-order chi connectivity index (χ0) is 11.7. The Hall–Kier alpha value is -1.42. The van der Waals surface area contributed by atoms with Crippen molar-refractivity contribution in [3.63, 3.8) is 0 Å². The number of hydrogen-bond acceptors (Lipinski definition) is 2. The molecule has 2 rings (SSSR count). The minimum atomic E-state index is -0.863. The predicted molar refractivity (Wildman–Crippen MR) is 65.5 cm³/mol. The second-order valence-electron chi connectivity index (χ2n) is 3.64. The number of fused-ring (bicyclic) bond motifs is 1. The molecule has 0 unspecified atom stereocenters. The number of benzene rings is 1. The largest absolute Gasteiger partial charge is 0.481 e. The lowest BCUT2D eigenvalue weighted by molar-refractivity contribution is -0.136. The van der Waals surface area contributed by atoms with Crippen molar-refractivity contribution in [1.29, 1.82) is 0 Å². The van der Waals surface area contributed by atoms with Gasteiger partial charge in [0.2, 0.25) is 0 Å². The number of carboxylic acids is 1. The molecule has 0 aliphatic rings. The Kier molecular flexibility index (Phi) is 2.92. The fraction of sp³-hybridized carbons (Fsp3) is 0.167. The number of halogens is 1. The van der Waals surface area contributed by atoms with Gasteiger partial charge in [0, 0.05) is 9.86 Å². The van der Waals surface area contributed by atoms with E-state index in [1.165, 1.54) is 0 Å². The molecule has 0 amide bonds. The summed E-state index contributed by atoms with van der Waals surface area (Å²) in [6.07, 6.45) is -0.0435. The number of rotatable bonds is 2. The normalized spacial score (nSPS) is 10.6. The average molecular weight is 280 g/mol. The Morgan fingerprint density at radius 2 is 2.25 bits per heavy atom. The van der Waals surface area contributed by atoms with Gasteiger partial charge >= 0.3 is 5.97 Å². The molecule has 82 valence electrons. The second-order valence-corrected chi connectivity index (χ2v) is 4.49. The highest BCUT2D eigenvalue weighted by atomic mass is 79.9. The van der Waals surface area contributed by atoms with Crippen LogP contribution in [0.3, 0.4) is 0 Å². The van der Waals surface area contributed by atoms with Crippen LogP contribution in [0.5, 0.6) is 0 Å². The third kappa shape index (κ3) is 2.07. The lowest BCUT2D eigenvalue weighted by Crippen LogP contribution is -2.03. The van der Waals surface area contributed by atoms with Crippen LogP contribution in [-0.2, 0) is 11.2 Å². The van der Waals surface area contributed by atoms with E-state index in [9.17, 15) is 4.79 Å². The number of aromatic nitrogens is 1. The number of nitrogens with zero attached hydrogens (tertiary/aromatic N) is 1. The summed E-state index contributed by atoms with van der Waals surface area (Å²) < 4.78 is 0.889. The third-order valence-corrected chi connectivity index (χ3v) is 3.02. The number of aliphatic carboxylic acids is 1. The SMILES string of the molecule is Cc1cc(CC(=O)O)nc2c(Br)cccc12. The highest BCUT2D eigenvalue weighted by Gasteiger charge is 2.07. The number of para-hydroxylation sites is 1. The molecule has 0 bridgehead atoms. The van der Waals surface area contributed by atoms with Gasteiger partial charge in [-0.3, -0.25) is 9.78 Å². The molecule has 0 atom stereocenters. The summed E-state index contributed by atoms with van der Waals surface area (Å²) in [6.45, 7) is 1.96. The molecule has 1 aromatic carbocycles. The lowest BCUT2D eigenvalue weighted by atomic mass is 10.1. The smallest absolute Gasteiger partial charge is 0.309 e. The highest BCUT2D eigenvalue weighted by Crippen LogP contribution is 2.25. The molecule has 1 aromatic heterocycles. The molecule has 3 nitrogen and oxygen atoms in total. The van der Waals surface area contributed by atoms with Crippen molar-refractivity contribution in [2.24, 2.45) is 0 Å². The zero-order valence-electron chi connectivity index (χ0n) is 8.70. The number of carbonyl (C=O) groups is 1. The quantitative estimate of drug-likeness (QED) is 0.920. The van der Waals surface area contributed by atoms with Crippen LogP contribution in [-0.4, -0.2) is 16.1 Å². The van der Waals surface area contributed by atoms with E-state index in [-0.39, 0.29) is 6.42 Å². The van der Waals surface area contributed by atoms with Gasteiger partial charge in [-0.25, -0.2) is 0 Å². The van der Waals surface area contributed by atoms with Gasteiger partial charge in [-0.1, -0.05) is 12.1 Å². The summed E-state index contributed by atoms with van der Waals surface area (Å²) >= 11 is 3.42. The number of aryl methyl sites for hydroxylation is 1. The summed E-state index contributed by atoms with van der Waals surface area (Å²) in [4.78, 5) is 15.0. The molecule has 4 heteroatoms. The molecule has 0 saturated heterocycles. The number of pyridine rings is 1. The van der Waals surface area contributed by atoms with Gasteiger partial charge in [0.05, 0.1) is 17.6 Å². The van der Waals surface area contributed by atoms with Crippen LogP contribution in [0, 0.1) is 6.92 Å². The summed E-state index contributed by atoms with van der Waals surface area (Å²) in [5.74, 6) is -0.863. The maximum Gasteiger partial charge on any atom is 0.309 e. The van der Waals surface area contributed by atoms with E-state index in [4.69, 9.17) is 5.11 Å². The maximum atomic E-state index is 10.6. The first-order chi connectivity index (χ1) is 7.58. The summed E-state index contributed by atoms with van der Waals surface area (Å²) in [6, 6.07) is 7.65. The Morgan fingerprint density at radius 1 is 1.50 bits per heavy atom. The van der Waals surface area contributed by atoms with Crippen molar-refractivity contribution >= 4 is 32.8 Å². The first-order valence-electron chi connectivity index (χ1n) is 4.84. The van der Waals surface area contributed by atoms with E-state index in [2.05, 4.69) is 20.9 Å². The van der Waals surface area contributed by atoms with Gasteiger partial charge in [-0.15, -0.1) is 0 Å². The van der Waals surface area contributed by atoms with Crippen LogP contribution >= 0.6 is 15.9 Å². The fourth-order valence-corrected chi connectivity index (χ4v) is 2.15. The third-order valence-electron chi connectivity index (χ3n) is 2.38. The molecule has 0 saturated carbocycles. The van der Waals surface area contributed by atoms with Crippen LogP contribution in [0.4, 0.5) is 0 Å². The van der Waals surface area contributed by atoms with E-state index < -0.39 is 5.97 Å². The van der Waals surface area contributed by atoms with E-state index >= 15 is 0 Å². The van der Waals surface area contributed by atoms with E-state index in [1.54, 1.807) is 0 Å². The van der Waals surface area contributed by atoms with Gasteiger partial charge in [0.25, 0.3) is 0 Å². The second kappa shape index (κ2) is 4.22. The van der Waals surface area contributed by atoms with E-state index in [0.717, 1.165) is 20.9 Å². The Bertz CT molecular complexity index is 566. The van der Waals surface area contributed by atoms with Gasteiger partial charge in [0.15, 0.2) is 0 Å². The monoisotopic (exact) mass is 279 g/mol. The molecule has 0 spiro atoms. The fourth-order valence-electron chi connectivity index (χ4n) is 1.70. The predicted octanol–water partition coefficient (Wildman–Crippen LogP) is 2.93. The lowest BCUT2D eigenvalue weighted by Gasteiger charge is -2.06. The van der Waals surface area contributed by atoms with Crippen molar-refractivity contribution < 1.29 is 9.90 Å². The van der Waals surface area contributed by atoms with Crippen molar-refractivity contribution in [2.45, 2.75) is 13.3 Å². The standard InChI is InChI=1S/C12H10BrNO2/c1-7-5-8(6-11(15)16)14-12-9(7)3-2-4-10(12)13/h2-5H,6H2,1H3,(H,15,16). The molecule has 2 aromatic rings. The molecule has 0 aliphatic carbocycles. The minimum absolute atomic E-state index is 0.0435. The van der Waals surface area contributed by atoms with Gasteiger partial charge in [0.1, 0.15) is 0 Å². The van der Waals surface area contributed by atoms with Crippen LogP contribution in [0.2, 0.25) is 0 Å². The first kappa shape index (κ1) is 11.1. The van der Waals surface area contributed by atoms with Crippen molar-refractivity contribution in [3.05, 3.63) is 40.0 Å². The Morgan fingerprint density at radius 3 is 2.94 bits per heavy atom. The van der Waals surface area contributed by atoms with E-state index in [1.807, 2.05) is 31.2 Å². The minimum Gasteiger partial charge on any atom is -0.481 e. The summed E-state index contributed by atoms with van der Waals surface area (Å²) in [5, 5.41) is 9.79. The molecule has 1 N–H and O–H groups in total. The van der Waals surface area contributed by atoms with E-state index in [0.29, 0.717) is 5.69 Å². The molecule has 1 heterocycles. The molecule has 0 aliphatic heterocycles. The highest BCUT2D eigenvalue weighted by molar-refractivity contribution is 9.10. The van der Waals surface area contributed by atoms with Gasteiger partial charge in [-0.05, 0) is 40.5 Å². The van der Waals surface area contributed by atoms with Gasteiger partial charge < -0.3 is 5.11 Å². The topological polar surface area (TPSA) is 50.2 Å². The molecular weight excluding hydrogens is 270 g/mol. The van der Waals surface area contributed by atoms with Crippen LogP contribution in [0.1, 0.15) is 11.3 Å². The molecule has 0 radical (unpaired) electrons. The van der Waals surface area contributed by atoms with Crippen LogP contribution < -0.4 is 0 Å². The van der Waals surface area contributed by atoms with Gasteiger partial charge in [-0.2, -0.15) is 0 Å². The molecule has 16 heavy (non-hydrogen) atoms. The van der Waals surface area contributed by atoms with Crippen molar-refractivity contribution in [3.8, 4) is 0 Å². The maximum absolute atomic E-state index is 10.6. The van der Waals surface area contributed by atoms with Crippen molar-refractivity contribution in [2.75, 3.05) is 0 Å². The summed E-state index contributed by atoms with van der Waals surface area (Å²) in [7, 11) is 0. The molecular formula is C12H10BrNO2. The van der Waals surface area contributed by atoms with Crippen LogP contribution in [0.15, 0.2) is 28.7 Å². The first-order valence-corrected chi connectivity index (χ1v) is 5.64. The van der Waals surface area contributed by atoms with Crippen LogP contribution in [0.25, 0.3) is 10.9 Å². The summed E-state index contributed by atoms with van der Waals surface area (Å²) in [5.41, 5.74) is 2.45. The molecule has 0 fully saturated rings. The number of hydrogen-bond donors (Lipinski definition) is 1. The zero-order valence-corrected chi connectivity index (χ0v) is 10.3. The van der Waals surface area contributed by atoms with Crippen molar-refractivity contribution in [1.82, 2.24) is 4.98 Å². The Balaban J connectivity index is 2.65. The number of carboxylic acid groups (broad SMARTS) is 1. The Labute approximate surface area is 101 Å².